The van der Waals surface area contributed by atoms with Crippen molar-refractivity contribution in [1.29, 1.82) is 0 Å². The first-order chi connectivity index (χ1) is 7.27. The molecule has 0 aromatic carbocycles. The van der Waals surface area contributed by atoms with Gasteiger partial charge in [0.25, 0.3) is 0 Å². The molecule has 0 atom stereocenters. The third-order valence-electron chi connectivity index (χ3n) is 3.28. The van der Waals surface area contributed by atoms with E-state index in [0.717, 1.165) is 32.6 Å². The molecule has 15 heavy (non-hydrogen) atoms. The van der Waals surface area contributed by atoms with Crippen LogP contribution in [0.25, 0.3) is 0 Å². The smallest absolute Gasteiger partial charge is 0.236 e. The van der Waals surface area contributed by atoms with Crippen molar-refractivity contribution in [3.05, 3.63) is 0 Å². The number of hydrogen-bond acceptors (Lipinski definition) is 3. The van der Waals surface area contributed by atoms with Gasteiger partial charge >= 0.3 is 0 Å². The number of carbonyl (C=O) groups is 1. The van der Waals surface area contributed by atoms with Crippen LogP contribution in [0.5, 0.6) is 0 Å². The third-order valence-corrected chi connectivity index (χ3v) is 3.28. The summed E-state index contributed by atoms with van der Waals surface area (Å²) in [4.78, 5) is 16.1. The van der Waals surface area contributed by atoms with Crippen molar-refractivity contribution >= 4 is 5.91 Å². The molecular formula is C11H21N3O. The quantitative estimate of drug-likeness (QED) is 0.708. The second kappa shape index (κ2) is 4.94. The van der Waals surface area contributed by atoms with Crippen LogP contribution in [0.15, 0.2) is 0 Å². The van der Waals surface area contributed by atoms with E-state index in [-0.39, 0.29) is 0 Å². The minimum absolute atomic E-state index is 0.291. The summed E-state index contributed by atoms with van der Waals surface area (Å²) in [5, 5.41) is 3.35. The van der Waals surface area contributed by atoms with Gasteiger partial charge in [0.1, 0.15) is 0 Å². The second-order valence-electron chi connectivity index (χ2n) is 4.62. The van der Waals surface area contributed by atoms with Gasteiger partial charge < -0.3 is 10.2 Å². The van der Waals surface area contributed by atoms with Gasteiger partial charge in [0.2, 0.25) is 5.91 Å². The molecule has 0 bridgehead atoms. The molecule has 0 spiro atoms. The van der Waals surface area contributed by atoms with E-state index in [1.165, 1.54) is 12.8 Å². The van der Waals surface area contributed by atoms with Gasteiger partial charge in [-0.15, -0.1) is 0 Å². The summed E-state index contributed by atoms with van der Waals surface area (Å²) in [5.74, 6) is 0.291. The molecule has 4 heteroatoms. The van der Waals surface area contributed by atoms with Crippen LogP contribution in [0.1, 0.15) is 19.3 Å². The Labute approximate surface area is 91.6 Å². The number of rotatable bonds is 3. The van der Waals surface area contributed by atoms with Gasteiger partial charge in [0, 0.05) is 26.2 Å². The summed E-state index contributed by atoms with van der Waals surface area (Å²) in [7, 11) is 1.94. The Morgan fingerprint density at radius 1 is 1.40 bits per heavy atom. The zero-order chi connectivity index (χ0) is 10.7. The van der Waals surface area contributed by atoms with E-state index in [1.807, 2.05) is 11.9 Å². The van der Waals surface area contributed by atoms with Crippen molar-refractivity contribution in [1.82, 2.24) is 15.1 Å². The Morgan fingerprint density at radius 2 is 2.20 bits per heavy atom. The summed E-state index contributed by atoms with van der Waals surface area (Å²) in [6.45, 7) is 4.76. The molecule has 0 aromatic heterocycles. The highest BCUT2D eigenvalue weighted by atomic mass is 16.2. The van der Waals surface area contributed by atoms with E-state index >= 15 is 0 Å². The van der Waals surface area contributed by atoms with E-state index in [2.05, 4.69) is 10.2 Å². The summed E-state index contributed by atoms with van der Waals surface area (Å²) in [5.41, 5.74) is 0. The van der Waals surface area contributed by atoms with Crippen LogP contribution in [0.2, 0.25) is 0 Å². The molecule has 1 saturated heterocycles. The Bertz CT molecular complexity index is 220. The molecule has 2 aliphatic rings. The molecule has 4 nitrogen and oxygen atoms in total. The number of nitrogens with one attached hydrogen (secondary N) is 1. The number of carbonyl (C=O) groups excluding carboxylic acids is 1. The summed E-state index contributed by atoms with van der Waals surface area (Å²) in [6.07, 6.45) is 3.55. The van der Waals surface area contributed by atoms with Gasteiger partial charge in [0.05, 0.1) is 6.54 Å². The molecule has 0 unspecified atom stereocenters. The SMILES string of the molecule is CN(C(=O)CN1CCCNCC1)C1CC1. The Kier molecular flexibility index (Phi) is 3.59. The monoisotopic (exact) mass is 211 g/mol. The summed E-state index contributed by atoms with van der Waals surface area (Å²) >= 11 is 0. The van der Waals surface area contributed by atoms with Crippen LogP contribution in [-0.2, 0) is 4.79 Å². The number of nitrogens with zero attached hydrogens (tertiary/aromatic N) is 2. The van der Waals surface area contributed by atoms with Gasteiger partial charge in [-0.05, 0) is 32.4 Å². The predicted molar refractivity (Wildman–Crippen MR) is 59.7 cm³/mol. The maximum atomic E-state index is 11.9. The first-order valence-electron chi connectivity index (χ1n) is 5.96. The second-order valence-corrected chi connectivity index (χ2v) is 4.62. The molecule has 1 aliphatic heterocycles. The highest BCUT2D eigenvalue weighted by molar-refractivity contribution is 5.78. The molecule has 86 valence electrons. The average Bonchev–Trinajstić information content (AvgIpc) is 3.04. The first-order valence-corrected chi connectivity index (χ1v) is 5.96. The van der Waals surface area contributed by atoms with Crippen LogP contribution in [-0.4, -0.2) is 61.5 Å². The largest absolute Gasteiger partial charge is 0.342 e. The molecule has 2 rings (SSSR count). The highest BCUT2D eigenvalue weighted by Gasteiger charge is 2.30. The molecule has 1 amide bonds. The fourth-order valence-electron chi connectivity index (χ4n) is 2.03. The third kappa shape index (κ3) is 3.18. The summed E-state index contributed by atoms with van der Waals surface area (Å²) < 4.78 is 0. The molecule has 0 aromatic rings. The van der Waals surface area contributed by atoms with Gasteiger partial charge in [-0.25, -0.2) is 0 Å². The molecule has 0 radical (unpaired) electrons. The minimum atomic E-state index is 0.291. The highest BCUT2D eigenvalue weighted by Crippen LogP contribution is 2.25. The maximum Gasteiger partial charge on any atom is 0.236 e. The van der Waals surface area contributed by atoms with Crippen LogP contribution in [0.4, 0.5) is 0 Å². The number of amides is 1. The van der Waals surface area contributed by atoms with Crippen LogP contribution in [0.3, 0.4) is 0 Å². The van der Waals surface area contributed by atoms with Gasteiger partial charge in [0.15, 0.2) is 0 Å². The minimum Gasteiger partial charge on any atom is -0.342 e. The maximum absolute atomic E-state index is 11.9. The van der Waals surface area contributed by atoms with Gasteiger partial charge in [-0.3, -0.25) is 9.69 Å². The van der Waals surface area contributed by atoms with E-state index in [0.29, 0.717) is 18.5 Å². The van der Waals surface area contributed by atoms with E-state index in [1.54, 1.807) is 0 Å². The first kappa shape index (κ1) is 10.9. The van der Waals surface area contributed by atoms with E-state index < -0.39 is 0 Å². The van der Waals surface area contributed by atoms with Crippen molar-refractivity contribution in [3.8, 4) is 0 Å². The van der Waals surface area contributed by atoms with Crippen LogP contribution < -0.4 is 5.32 Å². The Morgan fingerprint density at radius 3 is 2.93 bits per heavy atom. The van der Waals surface area contributed by atoms with Gasteiger partial charge in [-0.2, -0.15) is 0 Å². The zero-order valence-electron chi connectivity index (χ0n) is 9.54. The molecule has 1 aliphatic carbocycles. The fraction of sp³-hybridized carbons (Fsp3) is 0.909. The lowest BCUT2D eigenvalue weighted by Gasteiger charge is -2.23. The molecule has 1 N–H and O–H groups in total. The molecule has 1 saturated carbocycles. The molecule has 2 fully saturated rings. The van der Waals surface area contributed by atoms with Crippen molar-refractivity contribution < 1.29 is 4.79 Å². The van der Waals surface area contributed by atoms with E-state index in [9.17, 15) is 4.79 Å². The normalized spacial score (nSPS) is 23.5. The summed E-state index contributed by atoms with van der Waals surface area (Å²) in [6, 6.07) is 0.544. The van der Waals surface area contributed by atoms with Crippen molar-refractivity contribution in [3.63, 3.8) is 0 Å². The van der Waals surface area contributed by atoms with Crippen LogP contribution >= 0.6 is 0 Å². The molecule has 1 heterocycles. The molecular weight excluding hydrogens is 190 g/mol. The fourth-order valence-corrected chi connectivity index (χ4v) is 2.03. The zero-order valence-corrected chi connectivity index (χ0v) is 9.54. The Balaban J connectivity index is 1.76. The topological polar surface area (TPSA) is 35.6 Å². The predicted octanol–water partition coefficient (Wildman–Crippen LogP) is -0.0975. The average molecular weight is 211 g/mol. The van der Waals surface area contributed by atoms with Crippen molar-refractivity contribution in [2.75, 3.05) is 39.8 Å². The lowest BCUT2D eigenvalue weighted by molar-refractivity contribution is -0.131. The van der Waals surface area contributed by atoms with E-state index in [4.69, 9.17) is 0 Å². The van der Waals surface area contributed by atoms with Crippen molar-refractivity contribution in [2.24, 2.45) is 0 Å². The number of hydrogen-bond donors (Lipinski definition) is 1. The standard InChI is InChI=1S/C11H21N3O/c1-13(10-3-4-10)11(15)9-14-7-2-5-12-6-8-14/h10,12H,2-9H2,1H3. The Hall–Kier alpha value is -0.610. The lowest BCUT2D eigenvalue weighted by atomic mass is 10.3. The van der Waals surface area contributed by atoms with Crippen LogP contribution in [0, 0.1) is 0 Å². The van der Waals surface area contributed by atoms with Crippen molar-refractivity contribution in [2.45, 2.75) is 25.3 Å². The lowest BCUT2D eigenvalue weighted by Crippen LogP contribution is -2.40. The van der Waals surface area contributed by atoms with Gasteiger partial charge in [-0.1, -0.05) is 0 Å². The number of likely N-dealkylation sites (N-methyl/N-ethyl adjacent to an activating group) is 1.